The summed E-state index contributed by atoms with van der Waals surface area (Å²) in [7, 11) is 5.34. The van der Waals surface area contributed by atoms with Gasteiger partial charge in [-0.1, -0.05) is 17.7 Å². The van der Waals surface area contributed by atoms with Crippen LogP contribution in [0, 0.1) is 5.82 Å². The zero-order valence-electron chi connectivity index (χ0n) is 16.7. The van der Waals surface area contributed by atoms with Crippen LogP contribution in [-0.4, -0.2) is 48.5 Å². The first-order chi connectivity index (χ1) is 14.4. The largest absolute Gasteiger partial charge is 0.494 e. The van der Waals surface area contributed by atoms with Crippen molar-refractivity contribution in [1.29, 1.82) is 0 Å². The normalized spacial score (nSPS) is 11.3. The number of hydrogen-bond acceptors (Lipinski definition) is 6. The molecule has 1 amide bonds. The lowest BCUT2D eigenvalue weighted by atomic mass is 10.1. The third-order valence-corrected chi connectivity index (χ3v) is 4.43. The number of nitrogens with one attached hydrogen (secondary N) is 2. The molecule has 0 saturated carbocycles. The summed E-state index contributed by atoms with van der Waals surface area (Å²) in [5.74, 6) is 0.147. The van der Waals surface area contributed by atoms with Crippen LogP contribution >= 0.6 is 11.6 Å². The molecule has 1 heterocycles. The molecule has 3 rings (SSSR count). The predicted octanol–water partition coefficient (Wildman–Crippen LogP) is 4.23. The van der Waals surface area contributed by atoms with Crippen molar-refractivity contribution in [3.8, 4) is 5.75 Å². The number of nitrogens with zero attached hydrogens (tertiary/aromatic N) is 3. The van der Waals surface area contributed by atoms with E-state index in [2.05, 4.69) is 20.6 Å². The fraction of sp³-hybridized carbons (Fsp3) is 0.190. The molecule has 0 unspecified atom stereocenters. The summed E-state index contributed by atoms with van der Waals surface area (Å²) in [6.45, 7) is 0.643. The van der Waals surface area contributed by atoms with Crippen LogP contribution in [0.15, 0.2) is 48.8 Å². The fourth-order valence-electron chi connectivity index (χ4n) is 2.71. The quantitative estimate of drug-likeness (QED) is 0.547. The summed E-state index contributed by atoms with van der Waals surface area (Å²) >= 11 is 5.86. The molecule has 0 fully saturated rings. The van der Waals surface area contributed by atoms with Crippen molar-refractivity contribution in [2.45, 2.75) is 0 Å². The van der Waals surface area contributed by atoms with Gasteiger partial charge in [0.2, 0.25) is 5.91 Å². The number of fused-ring (bicyclic) bond motifs is 1. The average molecular weight is 430 g/mol. The molecule has 0 aliphatic heterocycles. The predicted molar refractivity (Wildman–Crippen MR) is 117 cm³/mol. The molecule has 0 radical (unpaired) electrons. The number of carbonyl (C=O) groups is 1. The van der Waals surface area contributed by atoms with Gasteiger partial charge < -0.3 is 20.3 Å². The van der Waals surface area contributed by atoms with E-state index in [-0.39, 0.29) is 10.9 Å². The Hall–Kier alpha value is -3.23. The highest BCUT2D eigenvalue weighted by Crippen LogP contribution is 2.33. The molecule has 7 nitrogen and oxygen atoms in total. The van der Waals surface area contributed by atoms with Crippen LogP contribution in [0.3, 0.4) is 0 Å². The van der Waals surface area contributed by atoms with Crippen molar-refractivity contribution in [2.75, 3.05) is 38.4 Å². The van der Waals surface area contributed by atoms with Gasteiger partial charge in [0.15, 0.2) is 0 Å². The molecule has 30 heavy (non-hydrogen) atoms. The van der Waals surface area contributed by atoms with Crippen molar-refractivity contribution in [1.82, 2.24) is 14.9 Å². The highest BCUT2D eigenvalue weighted by Gasteiger charge is 2.13. The molecule has 2 N–H and O–H groups in total. The number of amides is 1. The maximum Gasteiger partial charge on any atom is 0.248 e. The third-order valence-electron chi connectivity index (χ3n) is 4.14. The molecule has 1 aromatic heterocycles. The van der Waals surface area contributed by atoms with E-state index in [1.54, 1.807) is 24.3 Å². The highest BCUT2D eigenvalue weighted by molar-refractivity contribution is 6.31. The Balaban J connectivity index is 1.94. The van der Waals surface area contributed by atoms with E-state index >= 15 is 0 Å². The van der Waals surface area contributed by atoms with E-state index in [1.807, 2.05) is 19.0 Å². The van der Waals surface area contributed by atoms with Gasteiger partial charge in [0, 0.05) is 29.8 Å². The van der Waals surface area contributed by atoms with Crippen LogP contribution in [0.2, 0.25) is 5.02 Å². The second kappa shape index (κ2) is 9.51. The number of benzene rings is 2. The van der Waals surface area contributed by atoms with Gasteiger partial charge in [-0.2, -0.15) is 0 Å². The van der Waals surface area contributed by atoms with Crippen LogP contribution in [0.25, 0.3) is 10.9 Å². The minimum absolute atomic E-state index is 0.00232. The van der Waals surface area contributed by atoms with Crippen molar-refractivity contribution < 1.29 is 13.9 Å². The number of ether oxygens (including phenoxy) is 1. The molecule has 9 heteroatoms. The van der Waals surface area contributed by atoms with Crippen molar-refractivity contribution in [2.24, 2.45) is 0 Å². The number of methoxy groups -OCH3 is 1. The summed E-state index contributed by atoms with van der Waals surface area (Å²) in [6, 6.07) is 7.71. The van der Waals surface area contributed by atoms with Crippen LogP contribution < -0.4 is 15.4 Å². The van der Waals surface area contributed by atoms with Crippen molar-refractivity contribution >= 4 is 45.6 Å². The molecule has 156 valence electrons. The number of likely N-dealkylation sites (N-methyl/N-ethyl adjacent to an activating group) is 1. The van der Waals surface area contributed by atoms with Gasteiger partial charge in [0.1, 0.15) is 23.7 Å². The maximum absolute atomic E-state index is 13.4. The highest BCUT2D eigenvalue weighted by atomic mass is 35.5. The first-order valence-electron chi connectivity index (χ1n) is 9.04. The summed E-state index contributed by atoms with van der Waals surface area (Å²) in [4.78, 5) is 22.7. The lowest BCUT2D eigenvalue weighted by molar-refractivity contribution is -0.111. The number of aromatic nitrogens is 2. The van der Waals surface area contributed by atoms with E-state index in [0.29, 0.717) is 40.4 Å². The average Bonchev–Trinajstić information content (AvgIpc) is 2.70. The van der Waals surface area contributed by atoms with Crippen molar-refractivity contribution in [3.63, 3.8) is 0 Å². The summed E-state index contributed by atoms with van der Waals surface area (Å²) < 4.78 is 18.8. The van der Waals surface area contributed by atoms with E-state index in [4.69, 9.17) is 16.3 Å². The molecule has 0 aliphatic carbocycles. The molecule has 2 aromatic carbocycles. The summed E-state index contributed by atoms with van der Waals surface area (Å²) in [5.41, 5.74) is 1.65. The molecular formula is C21H21ClFN5O2. The minimum atomic E-state index is -0.508. The van der Waals surface area contributed by atoms with Crippen LogP contribution in [-0.2, 0) is 4.79 Å². The third kappa shape index (κ3) is 5.22. The van der Waals surface area contributed by atoms with Gasteiger partial charge in [0.05, 0.1) is 23.3 Å². The molecular weight excluding hydrogens is 409 g/mol. The number of rotatable bonds is 7. The second-order valence-electron chi connectivity index (χ2n) is 6.70. The number of carbonyl (C=O) groups excluding carboxylic acids is 1. The molecule has 0 spiro atoms. The Morgan fingerprint density at radius 3 is 2.77 bits per heavy atom. The lowest BCUT2D eigenvalue weighted by Crippen LogP contribution is -2.13. The summed E-state index contributed by atoms with van der Waals surface area (Å²) in [5, 5.41) is 6.56. The van der Waals surface area contributed by atoms with Crippen LogP contribution in [0.4, 0.5) is 21.6 Å². The van der Waals surface area contributed by atoms with Gasteiger partial charge in [-0.05, 0) is 38.4 Å². The minimum Gasteiger partial charge on any atom is -0.494 e. The Morgan fingerprint density at radius 1 is 1.27 bits per heavy atom. The van der Waals surface area contributed by atoms with E-state index in [9.17, 15) is 9.18 Å². The van der Waals surface area contributed by atoms with Gasteiger partial charge in [-0.25, -0.2) is 14.4 Å². The molecule has 0 bridgehead atoms. The lowest BCUT2D eigenvalue weighted by Gasteiger charge is -2.13. The summed E-state index contributed by atoms with van der Waals surface area (Å²) in [6.07, 6.45) is 4.62. The first kappa shape index (κ1) is 21.5. The topological polar surface area (TPSA) is 79.4 Å². The molecule has 3 aromatic rings. The number of halogens is 2. The maximum atomic E-state index is 13.4. The van der Waals surface area contributed by atoms with Gasteiger partial charge >= 0.3 is 0 Å². The Bertz CT molecular complexity index is 1100. The van der Waals surface area contributed by atoms with Crippen LogP contribution in [0.5, 0.6) is 5.75 Å². The molecule has 0 aliphatic rings. The smallest absolute Gasteiger partial charge is 0.248 e. The molecule has 0 atom stereocenters. The van der Waals surface area contributed by atoms with Gasteiger partial charge in [-0.15, -0.1) is 0 Å². The first-order valence-corrected chi connectivity index (χ1v) is 9.42. The van der Waals surface area contributed by atoms with E-state index in [1.165, 1.54) is 31.6 Å². The zero-order valence-corrected chi connectivity index (χ0v) is 17.5. The molecule has 0 saturated heterocycles. The SMILES string of the molecule is COc1cc2ncnc(Nc3ccc(F)c(Cl)c3)c2cc1NC(=O)/C=C/CN(C)C. The van der Waals surface area contributed by atoms with E-state index < -0.39 is 5.82 Å². The zero-order chi connectivity index (χ0) is 21.7. The van der Waals surface area contributed by atoms with E-state index in [0.717, 1.165) is 0 Å². The van der Waals surface area contributed by atoms with Gasteiger partial charge in [0.25, 0.3) is 0 Å². The monoisotopic (exact) mass is 429 g/mol. The Kier molecular flexibility index (Phi) is 6.81. The second-order valence-corrected chi connectivity index (χ2v) is 7.11. The van der Waals surface area contributed by atoms with Crippen molar-refractivity contribution in [3.05, 3.63) is 59.7 Å². The Morgan fingerprint density at radius 2 is 2.07 bits per heavy atom. The fourth-order valence-corrected chi connectivity index (χ4v) is 2.89. The number of anilines is 3. The number of hydrogen-bond donors (Lipinski definition) is 2. The van der Waals surface area contributed by atoms with Crippen LogP contribution in [0.1, 0.15) is 0 Å². The Labute approximate surface area is 178 Å². The van der Waals surface area contributed by atoms with Gasteiger partial charge in [-0.3, -0.25) is 4.79 Å². The standard InChI is InChI=1S/C21H21ClFN5O2/c1-28(2)8-4-5-20(29)27-18-10-14-17(11-19(18)30-3)24-12-25-21(14)26-13-6-7-16(23)15(22)9-13/h4-7,9-12H,8H2,1-3H3,(H,27,29)(H,24,25,26)/b5-4+.